The molecule has 0 unspecified atom stereocenters. The highest BCUT2D eigenvalue weighted by atomic mass is 79.9. The molecule has 0 saturated heterocycles. The van der Waals surface area contributed by atoms with E-state index in [1.807, 2.05) is 24.3 Å². The number of halogens is 2. The minimum absolute atomic E-state index is 0.296. The van der Waals surface area contributed by atoms with Crippen LogP contribution in [0, 0.1) is 11.5 Å². The summed E-state index contributed by atoms with van der Waals surface area (Å²) in [4.78, 5) is 8.24. The SMILES string of the molecule is N#Cn1c(Br)c(CCc2ccc(Cl)cc2)c2ncnc(N)c21. The van der Waals surface area contributed by atoms with Crippen LogP contribution in [0.3, 0.4) is 0 Å². The minimum atomic E-state index is 0.296. The fourth-order valence-corrected chi connectivity index (χ4v) is 3.17. The lowest BCUT2D eigenvalue weighted by atomic mass is 10.1. The Kier molecular flexibility index (Phi) is 4.01. The summed E-state index contributed by atoms with van der Waals surface area (Å²) in [6, 6.07) is 7.71. The van der Waals surface area contributed by atoms with E-state index >= 15 is 0 Å². The standard InChI is InChI=1S/C15H11BrClN5/c16-14-11(6-3-9-1-4-10(17)5-2-9)12-13(22(14)7-18)15(19)21-8-20-12/h1-2,4-5,8H,3,6H2,(H2,19,20,21). The van der Waals surface area contributed by atoms with Gasteiger partial charge in [-0.05, 0) is 46.5 Å². The molecule has 0 fully saturated rings. The maximum atomic E-state index is 9.33. The van der Waals surface area contributed by atoms with Crippen molar-refractivity contribution < 1.29 is 0 Å². The molecule has 5 nitrogen and oxygen atoms in total. The molecule has 0 saturated carbocycles. The lowest BCUT2D eigenvalue weighted by molar-refractivity contribution is 0.947. The molecule has 0 radical (unpaired) electrons. The molecule has 2 heterocycles. The van der Waals surface area contributed by atoms with Crippen molar-refractivity contribution in [2.24, 2.45) is 0 Å². The number of nitrogen functional groups attached to an aromatic ring is 1. The van der Waals surface area contributed by atoms with Crippen molar-refractivity contribution in [1.29, 1.82) is 5.26 Å². The number of fused-ring (bicyclic) bond motifs is 1. The summed E-state index contributed by atoms with van der Waals surface area (Å²) in [6.07, 6.45) is 5.05. The van der Waals surface area contributed by atoms with E-state index in [-0.39, 0.29) is 0 Å². The van der Waals surface area contributed by atoms with Crippen LogP contribution in [0.2, 0.25) is 5.02 Å². The molecule has 0 spiro atoms. The molecule has 2 aromatic heterocycles. The fraction of sp³-hybridized carbons (Fsp3) is 0.133. The number of hydrogen-bond acceptors (Lipinski definition) is 4. The van der Waals surface area contributed by atoms with Gasteiger partial charge in [0.1, 0.15) is 16.4 Å². The second-order valence-corrected chi connectivity index (χ2v) is 5.97. The van der Waals surface area contributed by atoms with E-state index in [0.29, 0.717) is 26.5 Å². The zero-order chi connectivity index (χ0) is 15.7. The van der Waals surface area contributed by atoms with Crippen molar-refractivity contribution in [2.75, 3.05) is 5.73 Å². The van der Waals surface area contributed by atoms with Crippen LogP contribution in [0.4, 0.5) is 5.82 Å². The molecule has 0 aliphatic carbocycles. The zero-order valence-corrected chi connectivity index (χ0v) is 13.8. The van der Waals surface area contributed by atoms with Gasteiger partial charge in [-0.15, -0.1) is 0 Å². The van der Waals surface area contributed by atoms with Crippen LogP contribution in [0.25, 0.3) is 11.0 Å². The summed E-state index contributed by atoms with van der Waals surface area (Å²) in [5.74, 6) is 0.296. The van der Waals surface area contributed by atoms with Crippen LogP contribution in [0.15, 0.2) is 35.2 Å². The van der Waals surface area contributed by atoms with Gasteiger partial charge in [0, 0.05) is 10.6 Å². The third-order valence-electron chi connectivity index (χ3n) is 3.48. The fourth-order valence-electron chi connectivity index (χ4n) is 2.40. The van der Waals surface area contributed by atoms with Crippen LogP contribution in [0.5, 0.6) is 0 Å². The van der Waals surface area contributed by atoms with Crippen molar-refractivity contribution in [3.8, 4) is 6.19 Å². The van der Waals surface area contributed by atoms with Crippen molar-refractivity contribution in [1.82, 2.24) is 14.5 Å². The molecular weight excluding hydrogens is 366 g/mol. The molecule has 1 aromatic carbocycles. The van der Waals surface area contributed by atoms with Crippen molar-refractivity contribution in [3.63, 3.8) is 0 Å². The van der Waals surface area contributed by atoms with Crippen LogP contribution in [0.1, 0.15) is 11.1 Å². The van der Waals surface area contributed by atoms with Gasteiger partial charge in [0.2, 0.25) is 0 Å². The van der Waals surface area contributed by atoms with Gasteiger partial charge in [-0.1, -0.05) is 23.7 Å². The number of anilines is 1. The lowest BCUT2D eigenvalue weighted by Crippen LogP contribution is -1.96. The number of rotatable bonds is 3. The Morgan fingerprint density at radius 3 is 2.64 bits per heavy atom. The molecular formula is C15H11BrClN5. The van der Waals surface area contributed by atoms with E-state index < -0.39 is 0 Å². The van der Waals surface area contributed by atoms with E-state index in [2.05, 4.69) is 32.1 Å². The quantitative estimate of drug-likeness (QED) is 0.758. The Labute approximate surface area is 140 Å². The van der Waals surface area contributed by atoms with E-state index in [9.17, 15) is 5.26 Å². The summed E-state index contributed by atoms with van der Waals surface area (Å²) >= 11 is 9.36. The summed E-state index contributed by atoms with van der Waals surface area (Å²) < 4.78 is 2.09. The van der Waals surface area contributed by atoms with Crippen molar-refractivity contribution in [3.05, 3.63) is 51.3 Å². The summed E-state index contributed by atoms with van der Waals surface area (Å²) in [5.41, 5.74) is 9.24. The van der Waals surface area contributed by atoms with Crippen LogP contribution >= 0.6 is 27.5 Å². The number of nitrogens with two attached hydrogens (primary N) is 1. The first-order chi connectivity index (χ1) is 10.6. The second-order valence-electron chi connectivity index (χ2n) is 4.79. The number of aryl methyl sites for hydroxylation is 2. The van der Waals surface area contributed by atoms with Crippen LogP contribution in [-0.4, -0.2) is 14.5 Å². The van der Waals surface area contributed by atoms with Crippen LogP contribution < -0.4 is 5.73 Å². The van der Waals surface area contributed by atoms with E-state index in [4.69, 9.17) is 17.3 Å². The highest BCUT2D eigenvalue weighted by Gasteiger charge is 2.18. The van der Waals surface area contributed by atoms with Crippen molar-refractivity contribution in [2.45, 2.75) is 12.8 Å². The molecule has 3 aromatic rings. The molecule has 0 atom stereocenters. The van der Waals surface area contributed by atoms with Gasteiger partial charge in [-0.2, -0.15) is 5.26 Å². The third-order valence-corrected chi connectivity index (χ3v) is 4.57. The van der Waals surface area contributed by atoms with E-state index in [0.717, 1.165) is 24.0 Å². The Hall–Kier alpha value is -2.10. The normalized spacial score (nSPS) is 10.8. The van der Waals surface area contributed by atoms with Gasteiger partial charge >= 0.3 is 0 Å². The smallest absolute Gasteiger partial charge is 0.190 e. The highest BCUT2D eigenvalue weighted by Crippen LogP contribution is 2.31. The van der Waals surface area contributed by atoms with Gasteiger partial charge in [0.25, 0.3) is 0 Å². The molecule has 22 heavy (non-hydrogen) atoms. The first-order valence-corrected chi connectivity index (χ1v) is 7.72. The molecule has 0 aliphatic heterocycles. The van der Waals surface area contributed by atoms with E-state index in [1.54, 1.807) is 0 Å². The Morgan fingerprint density at radius 2 is 1.95 bits per heavy atom. The largest absolute Gasteiger partial charge is 0.382 e. The Morgan fingerprint density at radius 1 is 1.23 bits per heavy atom. The lowest BCUT2D eigenvalue weighted by Gasteiger charge is -2.02. The third kappa shape index (κ3) is 2.54. The van der Waals surface area contributed by atoms with Gasteiger partial charge in [-0.25, -0.2) is 14.5 Å². The summed E-state index contributed by atoms with van der Waals surface area (Å²) in [6.45, 7) is 0. The average Bonchev–Trinajstić information content (AvgIpc) is 2.79. The molecule has 0 aliphatic rings. The number of nitriles is 1. The van der Waals surface area contributed by atoms with Gasteiger partial charge in [-0.3, -0.25) is 0 Å². The number of benzene rings is 1. The molecule has 7 heteroatoms. The average molecular weight is 377 g/mol. The number of nitrogens with zero attached hydrogens (tertiary/aromatic N) is 4. The van der Waals surface area contributed by atoms with Gasteiger partial charge < -0.3 is 5.73 Å². The second kappa shape index (κ2) is 5.95. The predicted octanol–water partition coefficient (Wildman–Crippen LogP) is 3.54. The van der Waals surface area contributed by atoms with Gasteiger partial charge in [0.15, 0.2) is 12.0 Å². The maximum absolute atomic E-state index is 9.33. The topological polar surface area (TPSA) is 80.5 Å². The molecule has 110 valence electrons. The summed E-state index contributed by atoms with van der Waals surface area (Å²) in [7, 11) is 0. The minimum Gasteiger partial charge on any atom is -0.382 e. The maximum Gasteiger partial charge on any atom is 0.190 e. The van der Waals surface area contributed by atoms with E-state index in [1.165, 1.54) is 10.9 Å². The Bertz CT molecular complexity index is 880. The zero-order valence-electron chi connectivity index (χ0n) is 11.4. The van der Waals surface area contributed by atoms with Gasteiger partial charge in [0.05, 0.1) is 5.52 Å². The number of hydrogen-bond donors (Lipinski definition) is 1. The first kappa shape index (κ1) is 14.8. The number of aromatic nitrogens is 3. The predicted molar refractivity (Wildman–Crippen MR) is 89.5 cm³/mol. The Balaban J connectivity index is 2.01. The monoisotopic (exact) mass is 375 g/mol. The first-order valence-electron chi connectivity index (χ1n) is 6.55. The molecule has 0 amide bonds. The highest BCUT2D eigenvalue weighted by molar-refractivity contribution is 9.10. The summed E-state index contributed by atoms with van der Waals surface area (Å²) in [5, 5.41) is 10.0. The van der Waals surface area contributed by atoms with Crippen LogP contribution in [-0.2, 0) is 12.8 Å². The molecule has 2 N–H and O–H groups in total. The molecule has 0 bridgehead atoms. The molecule has 3 rings (SSSR count). The van der Waals surface area contributed by atoms with Crippen molar-refractivity contribution >= 4 is 44.4 Å².